The zero-order valence-corrected chi connectivity index (χ0v) is 25.9. The number of aldehydes is 1. The van der Waals surface area contributed by atoms with Crippen molar-refractivity contribution in [1.29, 1.82) is 0 Å². The molecule has 0 aromatic carbocycles. The zero-order chi connectivity index (χ0) is 28.2. The number of hydrogen-bond acceptors (Lipinski definition) is 6. The van der Waals surface area contributed by atoms with Crippen LogP contribution in [-0.2, 0) is 25.2 Å². The Morgan fingerprint density at radius 1 is 1.03 bits per heavy atom. The molecule has 0 aliphatic rings. The quantitative estimate of drug-likeness (QED) is 0.172. The van der Waals surface area contributed by atoms with Crippen molar-refractivity contribution < 1.29 is 23.2 Å². The fourth-order valence-corrected chi connectivity index (χ4v) is 5.85. The van der Waals surface area contributed by atoms with E-state index in [9.17, 15) is 14.4 Å². The highest BCUT2D eigenvalue weighted by Gasteiger charge is 2.45. The van der Waals surface area contributed by atoms with Gasteiger partial charge in [-0.15, -0.1) is 0 Å². The number of esters is 1. The van der Waals surface area contributed by atoms with Crippen molar-refractivity contribution in [2.24, 2.45) is 17.8 Å². The molecule has 0 fully saturated rings. The van der Waals surface area contributed by atoms with E-state index in [1.807, 2.05) is 34.6 Å². The van der Waals surface area contributed by atoms with Gasteiger partial charge in [0.1, 0.15) is 23.9 Å². The summed E-state index contributed by atoms with van der Waals surface area (Å²) in [6.07, 6.45) is 0.643. The summed E-state index contributed by atoms with van der Waals surface area (Å²) < 4.78 is 19.2. The molecule has 6 nitrogen and oxygen atoms in total. The van der Waals surface area contributed by atoms with E-state index in [0.717, 1.165) is 6.29 Å². The molecule has 0 bridgehead atoms. The molecule has 1 heterocycles. The SMILES string of the molecule is CCc1oc([C@@H](C)[C@@H](O[Si](C)(C)C(C)(C)C)[C@H](C)[C@@H](OC(=O)CC(C)C)[C@H](C)C=O)c(C)c(=O)c1C. The molecular weight excluding hydrogens is 472 g/mol. The Hall–Kier alpha value is -1.73. The van der Waals surface area contributed by atoms with Crippen LogP contribution < -0.4 is 5.43 Å². The normalized spacial score (nSPS) is 16.8. The monoisotopic (exact) mass is 522 g/mol. The maximum absolute atomic E-state index is 13.0. The summed E-state index contributed by atoms with van der Waals surface area (Å²) in [4.78, 5) is 37.6. The Morgan fingerprint density at radius 3 is 2.03 bits per heavy atom. The fraction of sp³-hybridized carbons (Fsp3) is 0.759. The fourth-order valence-electron chi connectivity index (χ4n) is 4.40. The van der Waals surface area contributed by atoms with Crippen LogP contribution in [0, 0.1) is 31.6 Å². The molecule has 0 spiro atoms. The predicted octanol–water partition coefficient (Wildman–Crippen LogP) is 6.74. The summed E-state index contributed by atoms with van der Waals surface area (Å²) in [6.45, 7) is 26.1. The lowest BCUT2D eigenvalue weighted by Gasteiger charge is -2.44. The number of hydrogen-bond donors (Lipinski definition) is 0. The van der Waals surface area contributed by atoms with Crippen molar-refractivity contribution in [3.8, 4) is 0 Å². The summed E-state index contributed by atoms with van der Waals surface area (Å²) in [6, 6.07) is 0. The van der Waals surface area contributed by atoms with Crippen LogP contribution in [0.15, 0.2) is 9.21 Å². The number of aryl methyl sites for hydroxylation is 1. The molecule has 1 rings (SSSR count). The average molecular weight is 523 g/mol. The van der Waals surface area contributed by atoms with Crippen LogP contribution in [0.1, 0.15) is 97.3 Å². The van der Waals surface area contributed by atoms with Crippen molar-refractivity contribution in [3.05, 3.63) is 32.9 Å². The second kappa shape index (κ2) is 12.7. The Balaban J connectivity index is 3.67. The van der Waals surface area contributed by atoms with Gasteiger partial charge in [0.15, 0.2) is 13.7 Å². The topological polar surface area (TPSA) is 82.8 Å². The van der Waals surface area contributed by atoms with Crippen molar-refractivity contribution in [1.82, 2.24) is 0 Å². The molecule has 0 saturated heterocycles. The van der Waals surface area contributed by atoms with E-state index in [1.165, 1.54) is 0 Å². The molecule has 0 amide bonds. The molecule has 0 unspecified atom stereocenters. The largest absolute Gasteiger partial charge is 0.465 e. The van der Waals surface area contributed by atoms with Gasteiger partial charge in [-0.2, -0.15) is 0 Å². The third kappa shape index (κ3) is 7.64. The van der Waals surface area contributed by atoms with Gasteiger partial charge >= 0.3 is 5.97 Å². The van der Waals surface area contributed by atoms with E-state index in [0.29, 0.717) is 29.1 Å². The third-order valence-electron chi connectivity index (χ3n) is 7.78. The van der Waals surface area contributed by atoms with Crippen LogP contribution in [0.2, 0.25) is 18.1 Å². The first-order chi connectivity index (χ1) is 16.4. The summed E-state index contributed by atoms with van der Waals surface area (Å²) in [7, 11) is -2.30. The summed E-state index contributed by atoms with van der Waals surface area (Å²) >= 11 is 0. The minimum Gasteiger partial charge on any atom is -0.465 e. The number of rotatable bonds is 12. The maximum Gasteiger partial charge on any atom is 0.306 e. The second-order valence-electron chi connectivity index (χ2n) is 12.4. The molecule has 0 saturated carbocycles. The van der Waals surface area contributed by atoms with Crippen LogP contribution >= 0.6 is 0 Å². The summed E-state index contributed by atoms with van der Waals surface area (Å²) in [5.41, 5.74) is 1.20. The predicted molar refractivity (Wildman–Crippen MR) is 148 cm³/mol. The molecule has 7 heteroatoms. The molecule has 1 aromatic heterocycles. The molecule has 36 heavy (non-hydrogen) atoms. The van der Waals surface area contributed by atoms with Gasteiger partial charge in [0.05, 0.1) is 6.10 Å². The van der Waals surface area contributed by atoms with Crippen molar-refractivity contribution in [2.75, 3.05) is 0 Å². The molecule has 5 atom stereocenters. The van der Waals surface area contributed by atoms with Gasteiger partial charge in [0, 0.05) is 41.7 Å². The first-order valence-electron chi connectivity index (χ1n) is 13.3. The van der Waals surface area contributed by atoms with Crippen molar-refractivity contribution >= 4 is 20.6 Å². The summed E-state index contributed by atoms with van der Waals surface area (Å²) in [5, 5.41) is -0.0669. The van der Waals surface area contributed by atoms with Gasteiger partial charge in [0.2, 0.25) is 0 Å². The van der Waals surface area contributed by atoms with E-state index in [2.05, 4.69) is 33.9 Å². The highest BCUT2D eigenvalue weighted by Crippen LogP contribution is 2.42. The number of carbonyl (C=O) groups is 2. The second-order valence-corrected chi connectivity index (χ2v) is 17.1. The maximum atomic E-state index is 13.0. The lowest BCUT2D eigenvalue weighted by Crippen LogP contribution is -2.50. The lowest BCUT2D eigenvalue weighted by atomic mass is 9.82. The van der Waals surface area contributed by atoms with Gasteiger partial charge in [-0.25, -0.2) is 0 Å². The molecule has 1 aromatic rings. The zero-order valence-electron chi connectivity index (χ0n) is 24.9. The van der Waals surface area contributed by atoms with E-state index >= 15 is 0 Å². The third-order valence-corrected chi connectivity index (χ3v) is 12.3. The smallest absolute Gasteiger partial charge is 0.306 e. The minimum absolute atomic E-state index is 0.0140. The average Bonchev–Trinajstić information content (AvgIpc) is 2.77. The summed E-state index contributed by atoms with van der Waals surface area (Å²) in [5.74, 6) is -0.0161. The van der Waals surface area contributed by atoms with E-state index in [-0.39, 0.29) is 40.6 Å². The highest BCUT2D eigenvalue weighted by atomic mass is 28.4. The molecule has 0 aliphatic heterocycles. The molecule has 0 aliphatic carbocycles. The number of ether oxygens (including phenoxy) is 1. The van der Waals surface area contributed by atoms with E-state index in [4.69, 9.17) is 13.6 Å². The van der Waals surface area contributed by atoms with Gasteiger partial charge in [-0.3, -0.25) is 9.59 Å². The highest BCUT2D eigenvalue weighted by molar-refractivity contribution is 6.74. The molecule has 0 radical (unpaired) electrons. The molecular formula is C29H50O6Si. The Morgan fingerprint density at radius 2 is 1.58 bits per heavy atom. The van der Waals surface area contributed by atoms with Crippen LogP contribution in [0.5, 0.6) is 0 Å². The van der Waals surface area contributed by atoms with Gasteiger partial charge in [0.25, 0.3) is 0 Å². The molecule has 206 valence electrons. The van der Waals surface area contributed by atoms with Crippen LogP contribution in [0.3, 0.4) is 0 Å². The van der Waals surface area contributed by atoms with Gasteiger partial charge < -0.3 is 18.4 Å². The standard InChI is InChI=1S/C29H50O6Si/c1-14-23-19(5)25(32)20(6)27(33-23)22(8)28(35-36(12,13)29(9,10)11)21(7)26(18(4)16-30)34-24(31)15-17(2)3/h16-18,21-22,26,28H,14-15H2,1-13H3/t18-,21-,22-,26+,28+/m1/s1. The Kier molecular flexibility index (Phi) is 11.4. The Labute approximate surface area is 219 Å². The first-order valence-corrected chi connectivity index (χ1v) is 16.3. The molecule has 0 N–H and O–H groups in total. The first kappa shape index (κ1) is 32.3. The van der Waals surface area contributed by atoms with Crippen LogP contribution in [-0.4, -0.2) is 32.8 Å². The van der Waals surface area contributed by atoms with Gasteiger partial charge in [-0.1, -0.05) is 62.3 Å². The van der Waals surface area contributed by atoms with Crippen molar-refractivity contribution in [3.63, 3.8) is 0 Å². The number of carbonyl (C=O) groups excluding carboxylic acids is 2. The van der Waals surface area contributed by atoms with E-state index < -0.39 is 26.4 Å². The lowest BCUT2D eigenvalue weighted by molar-refractivity contribution is -0.159. The van der Waals surface area contributed by atoms with Crippen molar-refractivity contribution in [2.45, 2.75) is 125 Å². The van der Waals surface area contributed by atoms with Crippen LogP contribution in [0.25, 0.3) is 0 Å². The van der Waals surface area contributed by atoms with Crippen LogP contribution in [0.4, 0.5) is 0 Å². The Bertz CT molecular complexity index is 956. The van der Waals surface area contributed by atoms with Gasteiger partial charge in [-0.05, 0) is 37.9 Å². The van der Waals surface area contributed by atoms with E-state index in [1.54, 1.807) is 20.8 Å². The minimum atomic E-state index is -2.30.